The lowest BCUT2D eigenvalue weighted by Gasteiger charge is -2.21. The van der Waals surface area contributed by atoms with Crippen molar-refractivity contribution in [1.29, 1.82) is 0 Å². The molecule has 3 heterocycles. The third kappa shape index (κ3) is 2.99. The van der Waals surface area contributed by atoms with Gasteiger partial charge >= 0.3 is 0 Å². The molecule has 1 aliphatic rings. The number of aromatic nitrogens is 3. The number of halogens is 1. The normalized spacial score (nSPS) is 17.4. The first-order valence-corrected chi connectivity index (χ1v) is 8.41. The van der Waals surface area contributed by atoms with Crippen molar-refractivity contribution in [2.45, 2.75) is 25.3 Å². The topological polar surface area (TPSA) is 55.1 Å². The number of oxazole rings is 1. The van der Waals surface area contributed by atoms with E-state index >= 15 is 0 Å². The van der Waals surface area contributed by atoms with E-state index in [1.54, 1.807) is 18.6 Å². The molecule has 0 amide bonds. The molecule has 1 atom stereocenters. The van der Waals surface area contributed by atoms with Gasteiger partial charge in [-0.2, -0.15) is 0 Å². The van der Waals surface area contributed by atoms with Crippen LogP contribution < -0.4 is 4.90 Å². The van der Waals surface area contributed by atoms with Crippen LogP contribution >= 0.6 is 11.6 Å². The van der Waals surface area contributed by atoms with Gasteiger partial charge < -0.3 is 9.32 Å². The average molecular weight is 341 g/mol. The third-order valence-corrected chi connectivity index (χ3v) is 4.61. The Morgan fingerprint density at radius 2 is 1.96 bits per heavy atom. The molecule has 0 N–H and O–H groups in total. The minimum absolute atomic E-state index is 0.0902. The van der Waals surface area contributed by atoms with Gasteiger partial charge in [0.2, 0.25) is 11.8 Å². The number of nitrogens with zero attached hydrogens (tertiary/aromatic N) is 4. The first kappa shape index (κ1) is 15.1. The van der Waals surface area contributed by atoms with Gasteiger partial charge in [0.15, 0.2) is 0 Å². The zero-order chi connectivity index (χ0) is 16.4. The Kier molecular flexibility index (Phi) is 4.17. The highest BCUT2D eigenvalue weighted by molar-refractivity contribution is 6.31. The standard InChI is InChI=1S/C18H17ClN4O/c19-15-6-2-1-5-13(15)11-14-12-22-17(24-14)16-7-3-10-23(16)18-20-8-4-9-21-18/h1-2,4-6,8-9,12,16H,3,7,10-11H2. The van der Waals surface area contributed by atoms with E-state index in [1.807, 2.05) is 30.3 Å². The van der Waals surface area contributed by atoms with Crippen molar-refractivity contribution in [2.24, 2.45) is 0 Å². The molecule has 24 heavy (non-hydrogen) atoms. The number of rotatable bonds is 4. The van der Waals surface area contributed by atoms with Gasteiger partial charge in [0, 0.05) is 30.4 Å². The van der Waals surface area contributed by atoms with Gasteiger partial charge in [0.1, 0.15) is 11.8 Å². The number of hydrogen-bond acceptors (Lipinski definition) is 5. The van der Waals surface area contributed by atoms with E-state index in [0.29, 0.717) is 6.42 Å². The Morgan fingerprint density at radius 3 is 2.79 bits per heavy atom. The first-order valence-electron chi connectivity index (χ1n) is 8.03. The second kappa shape index (κ2) is 6.61. The zero-order valence-electron chi connectivity index (χ0n) is 13.1. The highest BCUT2D eigenvalue weighted by Gasteiger charge is 2.31. The van der Waals surface area contributed by atoms with Gasteiger partial charge in [-0.3, -0.25) is 0 Å². The van der Waals surface area contributed by atoms with E-state index in [1.165, 1.54) is 0 Å². The Morgan fingerprint density at radius 1 is 1.12 bits per heavy atom. The summed E-state index contributed by atoms with van der Waals surface area (Å²) in [6.07, 6.45) is 8.02. The van der Waals surface area contributed by atoms with Crippen LogP contribution in [0.3, 0.4) is 0 Å². The fourth-order valence-electron chi connectivity index (χ4n) is 3.09. The molecule has 0 aliphatic carbocycles. The molecule has 1 unspecified atom stereocenters. The van der Waals surface area contributed by atoms with Gasteiger partial charge in [-0.1, -0.05) is 29.8 Å². The third-order valence-electron chi connectivity index (χ3n) is 4.24. The SMILES string of the molecule is Clc1ccccc1Cc1cnc(C2CCCN2c2ncccn2)o1. The smallest absolute Gasteiger partial charge is 0.225 e. The lowest BCUT2D eigenvalue weighted by Crippen LogP contribution is -2.24. The maximum Gasteiger partial charge on any atom is 0.225 e. The summed E-state index contributed by atoms with van der Waals surface area (Å²) < 4.78 is 6.01. The van der Waals surface area contributed by atoms with Crippen LogP contribution in [0.4, 0.5) is 5.95 Å². The van der Waals surface area contributed by atoms with Crippen molar-refractivity contribution in [3.63, 3.8) is 0 Å². The molecule has 0 saturated carbocycles. The quantitative estimate of drug-likeness (QED) is 0.717. The summed E-state index contributed by atoms with van der Waals surface area (Å²) in [6, 6.07) is 9.70. The summed E-state index contributed by atoms with van der Waals surface area (Å²) in [6.45, 7) is 0.914. The van der Waals surface area contributed by atoms with Crippen LogP contribution in [0, 0.1) is 0 Å². The summed E-state index contributed by atoms with van der Waals surface area (Å²) in [7, 11) is 0. The molecule has 6 heteroatoms. The van der Waals surface area contributed by atoms with Gasteiger partial charge in [-0.25, -0.2) is 15.0 Å². The monoisotopic (exact) mass is 340 g/mol. The number of anilines is 1. The van der Waals surface area contributed by atoms with Gasteiger partial charge in [0.25, 0.3) is 0 Å². The predicted octanol–water partition coefficient (Wildman–Crippen LogP) is 4.05. The van der Waals surface area contributed by atoms with Crippen molar-refractivity contribution >= 4 is 17.5 Å². The lowest BCUT2D eigenvalue weighted by atomic mass is 10.1. The molecule has 0 radical (unpaired) electrons. The van der Waals surface area contributed by atoms with E-state index in [0.717, 1.165) is 47.6 Å². The molecule has 0 bridgehead atoms. The molecular weight excluding hydrogens is 324 g/mol. The Balaban J connectivity index is 1.55. The Labute approximate surface area is 145 Å². The maximum absolute atomic E-state index is 6.22. The van der Waals surface area contributed by atoms with Crippen LogP contribution in [0.25, 0.3) is 0 Å². The fraction of sp³-hybridized carbons (Fsp3) is 0.278. The van der Waals surface area contributed by atoms with Crippen molar-refractivity contribution < 1.29 is 4.42 Å². The van der Waals surface area contributed by atoms with E-state index in [9.17, 15) is 0 Å². The molecule has 4 rings (SSSR count). The maximum atomic E-state index is 6.22. The molecule has 1 aromatic carbocycles. The summed E-state index contributed by atoms with van der Waals surface area (Å²) in [4.78, 5) is 15.4. The van der Waals surface area contributed by atoms with Crippen molar-refractivity contribution in [3.05, 3.63) is 71.2 Å². The summed E-state index contributed by atoms with van der Waals surface area (Å²) in [5.74, 6) is 2.27. The predicted molar refractivity (Wildman–Crippen MR) is 92.1 cm³/mol. The highest BCUT2D eigenvalue weighted by atomic mass is 35.5. The van der Waals surface area contributed by atoms with Crippen LogP contribution in [-0.4, -0.2) is 21.5 Å². The molecule has 1 aliphatic heterocycles. The summed E-state index contributed by atoms with van der Waals surface area (Å²) in [5.41, 5.74) is 1.04. The van der Waals surface area contributed by atoms with Crippen molar-refractivity contribution in [1.82, 2.24) is 15.0 Å². The lowest BCUT2D eigenvalue weighted by molar-refractivity contribution is 0.423. The van der Waals surface area contributed by atoms with Crippen molar-refractivity contribution in [2.75, 3.05) is 11.4 Å². The number of hydrogen-bond donors (Lipinski definition) is 0. The molecule has 2 aromatic heterocycles. The molecule has 5 nitrogen and oxygen atoms in total. The second-order valence-electron chi connectivity index (χ2n) is 5.83. The highest BCUT2D eigenvalue weighted by Crippen LogP contribution is 2.34. The number of benzene rings is 1. The summed E-state index contributed by atoms with van der Waals surface area (Å²) in [5, 5.41) is 0.746. The van der Waals surface area contributed by atoms with Crippen LogP contribution in [0.5, 0.6) is 0 Å². The molecule has 3 aromatic rings. The van der Waals surface area contributed by atoms with Crippen molar-refractivity contribution in [3.8, 4) is 0 Å². The van der Waals surface area contributed by atoms with Crippen LogP contribution in [-0.2, 0) is 6.42 Å². The fourth-order valence-corrected chi connectivity index (χ4v) is 3.29. The minimum Gasteiger partial charge on any atom is -0.443 e. The average Bonchev–Trinajstić information content (AvgIpc) is 3.27. The van der Waals surface area contributed by atoms with Crippen LogP contribution in [0.2, 0.25) is 5.02 Å². The summed E-state index contributed by atoms with van der Waals surface area (Å²) >= 11 is 6.22. The second-order valence-corrected chi connectivity index (χ2v) is 6.24. The van der Waals surface area contributed by atoms with Gasteiger partial charge in [0.05, 0.1) is 6.20 Å². The Hall–Kier alpha value is -2.40. The van der Waals surface area contributed by atoms with E-state index in [2.05, 4.69) is 19.9 Å². The first-order chi connectivity index (χ1) is 11.8. The zero-order valence-corrected chi connectivity index (χ0v) is 13.9. The van der Waals surface area contributed by atoms with E-state index in [4.69, 9.17) is 16.0 Å². The molecule has 122 valence electrons. The van der Waals surface area contributed by atoms with Gasteiger partial charge in [-0.05, 0) is 30.5 Å². The molecule has 1 fully saturated rings. The van der Waals surface area contributed by atoms with Crippen LogP contribution in [0.1, 0.15) is 36.1 Å². The molecule has 1 saturated heterocycles. The van der Waals surface area contributed by atoms with E-state index < -0.39 is 0 Å². The van der Waals surface area contributed by atoms with E-state index in [-0.39, 0.29) is 6.04 Å². The van der Waals surface area contributed by atoms with Crippen LogP contribution in [0.15, 0.2) is 53.3 Å². The Bertz CT molecular complexity index is 821. The largest absolute Gasteiger partial charge is 0.443 e. The minimum atomic E-state index is 0.0902. The van der Waals surface area contributed by atoms with Gasteiger partial charge in [-0.15, -0.1) is 0 Å². The molecular formula is C18H17ClN4O. The molecule has 0 spiro atoms.